The number of hydrogen-bond acceptors (Lipinski definition) is 3. The van der Waals surface area contributed by atoms with Crippen LogP contribution in [0.1, 0.15) is 45.1 Å². The first kappa shape index (κ1) is 21.2. The van der Waals surface area contributed by atoms with Crippen LogP contribution in [0.2, 0.25) is 0 Å². The molecular formula is C21H35N5O. The Morgan fingerprint density at radius 3 is 2.70 bits per heavy atom. The number of rotatable bonds is 8. The molecule has 1 heterocycles. The molecule has 1 aromatic rings. The summed E-state index contributed by atoms with van der Waals surface area (Å²) in [7, 11) is 4.22. The van der Waals surface area contributed by atoms with E-state index in [-0.39, 0.29) is 11.8 Å². The maximum Gasteiger partial charge on any atom is 0.225 e. The molecule has 27 heavy (non-hydrogen) atoms. The second-order valence-corrected chi connectivity index (χ2v) is 7.88. The number of carbonyl (C=O) groups is 1. The minimum atomic E-state index is 0.0760. The summed E-state index contributed by atoms with van der Waals surface area (Å²) in [6.07, 6.45) is 1.61. The molecule has 2 rings (SSSR count). The molecule has 1 aliphatic heterocycles. The molecule has 0 saturated heterocycles. The molecule has 6 heteroatoms. The van der Waals surface area contributed by atoms with Crippen molar-refractivity contribution in [2.45, 2.75) is 45.6 Å². The van der Waals surface area contributed by atoms with Gasteiger partial charge in [0.2, 0.25) is 5.91 Å². The molecule has 1 aliphatic rings. The number of aliphatic imine (C=N–C) groups is 1. The topological polar surface area (TPSA) is 68.8 Å². The molecule has 2 atom stereocenters. The third kappa shape index (κ3) is 6.54. The van der Waals surface area contributed by atoms with Gasteiger partial charge in [0.1, 0.15) is 0 Å². The lowest BCUT2D eigenvalue weighted by molar-refractivity contribution is -0.116. The molecule has 0 aromatic heterocycles. The van der Waals surface area contributed by atoms with E-state index < -0.39 is 0 Å². The van der Waals surface area contributed by atoms with Gasteiger partial charge in [-0.2, -0.15) is 0 Å². The summed E-state index contributed by atoms with van der Waals surface area (Å²) in [6, 6.07) is 8.45. The summed E-state index contributed by atoms with van der Waals surface area (Å²) in [5, 5.41) is 9.72. The molecular weight excluding hydrogens is 338 g/mol. The van der Waals surface area contributed by atoms with E-state index in [4.69, 9.17) is 4.99 Å². The van der Waals surface area contributed by atoms with Crippen LogP contribution in [0, 0.1) is 5.92 Å². The van der Waals surface area contributed by atoms with E-state index in [2.05, 4.69) is 61.8 Å². The number of anilines is 1. The van der Waals surface area contributed by atoms with Gasteiger partial charge in [-0.05, 0) is 45.0 Å². The summed E-state index contributed by atoms with van der Waals surface area (Å²) < 4.78 is 0. The smallest absolute Gasteiger partial charge is 0.225 e. The normalized spacial score (nSPS) is 18.3. The van der Waals surface area contributed by atoms with Crippen LogP contribution < -0.4 is 16.0 Å². The Morgan fingerprint density at radius 2 is 2.04 bits per heavy atom. The molecule has 2 unspecified atom stereocenters. The maximum atomic E-state index is 12.0. The van der Waals surface area contributed by atoms with Crippen molar-refractivity contribution in [3.05, 3.63) is 29.8 Å². The van der Waals surface area contributed by atoms with Crippen LogP contribution in [-0.4, -0.2) is 56.5 Å². The third-order valence-corrected chi connectivity index (χ3v) is 4.90. The van der Waals surface area contributed by atoms with E-state index in [1.54, 1.807) is 0 Å². The summed E-state index contributed by atoms with van der Waals surface area (Å²) in [5.41, 5.74) is 2.11. The highest BCUT2D eigenvalue weighted by Gasteiger charge is 2.24. The number of nitrogens with one attached hydrogen (secondary N) is 3. The van der Waals surface area contributed by atoms with E-state index in [1.807, 2.05) is 18.2 Å². The molecule has 150 valence electrons. The summed E-state index contributed by atoms with van der Waals surface area (Å²) in [5.74, 6) is 1.68. The van der Waals surface area contributed by atoms with Crippen molar-refractivity contribution < 1.29 is 4.79 Å². The van der Waals surface area contributed by atoms with Crippen molar-refractivity contribution in [2.75, 3.05) is 39.0 Å². The predicted molar refractivity (Wildman–Crippen MR) is 113 cm³/mol. The molecule has 0 spiro atoms. The number of carbonyl (C=O) groups excluding carboxylic acids is 1. The molecule has 0 radical (unpaired) electrons. The van der Waals surface area contributed by atoms with E-state index in [9.17, 15) is 4.79 Å². The summed E-state index contributed by atoms with van der Waals surface area (Å²) in [4.78, 5) is 19.1. The Morgan fingerprint density at radius 1 is 1.30 bits per heavy atom. The Kier molecular flexibility index (Phi) is 8.10. The quantitative estimate of drug-likeness (QED) is 0.484. The fourth-order valence-electron chi connectivity index (χ4n) is 3.44. The van der Waals surface area contributed by atoms with Gasteiger partial charge >= 0.3 is 0 Å². The largest absolute Gasteiger partial charge is 0.357 e. The number of para-hydroxylation sites is 1. The first-order valence-corrected chi connectivity index (χ1v) is 9.98. The maximum absolute atomic E-state index is 12.0. The lowest BCUT2D eigenvalue weighted by Crippen LogP contribution is -2.42. The molecule has 0 aliphatic carbocycles. The van der Waals surface area contributed by atoms with Crippen LogP contribution in [0.15, 0.2) is 29.3 Å². The van der Waals surface area contributed by atoms with Crippen molar-refractivity contribution in [2.24, 2.45) is 10.9 Å². The van der Waals surface area contributed by atoms with Gasteiger partial charge in [-0.25, -0.2) is 0 Å². The van der Waals surface area contributed by atoms with Crippen LogP contribution in [0.5, 0.6) is 0 Å². The molecule has 0 saturated carbocycles. The first-order chi connectivity index (χ1) is 12.9. The van der Waals surface area contributed by atoms with Crippen LogP contribution in [0.3, 0.4) is 0 Å². The number of likely N-dealkylation sites (N-methyl/N-ethyl adjacent to an activating group) is 1. The Bertz CT molecular complexity index is 641. The number of benzene rings is 1. The van der Waals surface area contributed by atoms with Crippen LogP contribution >= 0.6 is 0 Å². The first-order valence-electron chi connectivity index (χ1n) is 9.98. The van der Waals surface area contributed by atoms with Crippen molar-refractivity contribution >= 4 is 17.6 Å². The molecule has 1 aromatic carbocycles. The summed E-state index contributed by atoms with van der Waals surface area (Å²) in [6.45, 7) is 8.81. The molecule has 0 fully saturated rings. The Labute approximate surface area is 163 Å². The van der Waals surface area contributed by atoms with Crippen LogP contribution in [0.4, 0.5) is 5.69 Å². The van der Waals surface area contributed by atoms with Crippen LogP contribution in [-0.2, 0) is 4.79 Å². The van der Waals surface area contributed by atoms with E-state index >= 15 is 0 Å². The number of nitrogens with zero attached hydrogens (tertiary/aromatic N) is 2. The van der Waals surface area contributed by atoms with Gasteiger partial charge in [-0.3, -0.25) is 9.79 Å². The number of guanidine groups is 1. The number of hydrogen-bond donors (Lipinski definition) is 3. The molecule has 1 amide bonds. The second kappa shape index (κ2) is 10.3. The zero-order chi connectivity index (χ0) is 19.8. The van der Waals surface area contributed by atoms with Gasteiger partial charge in [0, 0.05) is 37.2 Å². The predicted octanol–water partition coefficient (Wildman–Crippen LogP) is 2.64. The minimum Gasteiger partial charge on any atom is -0.357 e. The van der Waals surface area contributed by atoms with Gasteiger partial charge in [-0.15, -0.1) is 0 Å². The molecule has 3 N–H and O–H groups in total. The van der Waals surface area contributed by atoms with Crippen molar-refractivity contribution in [3.63, 3.8) is 0 Å². The van der Waals surface area contributed by atoms with Crippen molar-refractivity contribution in [1.29, 1.82) is 0 Å². The zero-order valence-electron chi connectivity index (χ0n) is 17.4. The van der Waals surface area contributed by atoms with Crippen LogP contribution in [0.25, 0.3) is 0 Å². The van der Waals surface area contributed by atoms with Gasteiger partial charge in [0.15, 0.2) is 5.96 Å². The average molecular weight is 374 g/mol. The van der Waals surface area contributed by atoms with Gasteiger partial charge in [0.25, 0.3) is 0 Å². The monoisotopic (exact) mass is 373 g/mol. The fraction of sp³-hybridized carbons (Fsp3) is 0.619. The molecule has 6 nitrogen and oxygen atoms in total. The zero-order valence-corrected chi connectivity index (χ0v) is 17.4. The fourth-order valence-corrected chi connectivity index (χ4v) is 3.44. The highest BCUT2D eigenvalue weighted by atomic mass is 16.1. The van der Waals surface area contributed by atoms with E-state index in [1.165, 1.54) is 5.56 Å². The van der Waals surface area contributed by atoms with Gasteiger partial charge in [-0.1, -0.05) is 32.0 Å². The minimum absolute atomic E-state index is 0.0760. The Hall–Kier alpha value is -2.08. The van der Waals surface area contributed by atoms with E-state index in [0.717, 1.165) is 31.2 Å². The van der Waals surface area contributed by atoms with Gasteiger partial charge < -0.3 is 20.9 Å². The second-order valence-electron chi connectivity index (χ2n) is 7.88. The highest BCUT2D eigenvalue weighted by Crippen LogP contribution is 2.31. The average Bonchev–Trinajstić information content (AvgIpc) is 2.61. The highest BCUT2D eigenvalue weighted by molar-refractivity contribution is 5.94. The van der Waals surface area contributed by atoms with Crippen molar-refractivity contribution in [1.82, 2.24) is 15.5 Å². The van der Waals surface area contributed by atoms with E-state index in [0.29, 0.717) is 24.9 Å². The SMILES string of the molecule is CCNC(=NCC(CC(C)C)N(C)C)NCC1CC(=O)Nc2ccccc21. The van der Waals surface area contributed by atoms with Gasteiger partial charge in [0.05, 0.1) is 6.54 Å². The molecule has 0 bridgehead atoms. The number of fused-ring (bicyclic) bond motifs is 1. The Balaban J connectivity index is 2.02. The lowest BCUT2D eigenvalue weighted by atomic mass is 9.90. The number of amides is 1. The summed E-state index contributed by atoms with van der Waals surface area (Å²) >= 11 is 0. The van der Waals surface area contributed by atoms with Crippen molar-refractivity contribution in [3.8, 4) is 0 Å². The standard InChI is InChI=1S/C21H35N5O/c1-6-22-21(24-14-17(26(4)5)11-15(2)3)23-13-16-12-20(27)25-19-10-8-7-9-18(16)19/h7-10,15-17H,6,11-14H2,1-5H3,(H,25,27)(H2,22,23,24). The lowest BCUT2D eigenvalue weighted by Gasteiger charge is -2.27. The third-order valence-electron chi connectivity index (χ3n) is 4.90.